The smallest absolute Gasteiger partial charge is 0.226 e. The topological polar surface area (TPSA) is 62.5 Å². The maximum absolute atomic E-state index is 12.8. The van der Waals surface area contributed by atoms with Crippen molar-refractivity contribution in [2.75, 3.05) is 26.2 Å². The first-order chi connectivity index (χ1) is 11.3. The molecule has 1 N–H and O–H groups in total. The standard InChI is InChI=1S/C17H23N5O.2ClH/c23-17(13-5-3-8-18-11-13)21-9-4-6-14(12-21)16-20-19-15-7-1-2-10-22(15)16;;/h1-2,7,10,13-14,18H,3-6,8-9,11-12H2;2*1H. The molecule has 0 aliphatic carbocycles. The number of carbonyl (C=O) groups is 1. The van der Waals surface area contributed by atoms with Crippen molar-refractivity contribution in [1.29, 1.82) is 0 Å². The van der Waals surface area contributed by atoms with Crippen molar-refractivity contribution in [3.8, 4) is 0 Å². The minimum absolute atomic E-state index is 0. The molecule has 4 rings (SSSR count). The minimum Gasteiger partial charge on any atom is -0.342 e. The molecule has 25 heavy (non-hydrogen) atoms. The van der Waals surface area contributed by atoms with Gasteiger partial charge in [-0.3, -0.25) is 9.20 Å². The van der Waals surface area contributed by atoms with Gasteiger partial charge < -0.3 is 10.2 Å². The van der Waals surface area contributed by atoms with E-state index < -0.39 is 0 Å². The van der Waals surface area contributed by atoms with Crippen molar-refractivity contribution in [3.63, 3.8) is 0 Å². The van der Waals surface area contributed by atoms with E-state index in [0.717, 1.165) is 63.3 Å². The molecule has 0 bridgehead atoms. The molecule has 138 valence electrons. The number of halogens is 2. The van der Waals surface area contributed by atoms with Crippen LogP contribution in [-0.4, -0.2) is 51.6 Å². The average Bonchev–Trinajstić information content (AvgIpc) is 3.06. The van der Waals surface area contributed by atoms with Gasteiger partial charge in [0, 0.05) is 31.7 Å². The molecule has 2 atom stereocenters. The third-order valence-corrected chi connectivity index (χ3v) is 5.08. The van der Waals surface area contributed by atoms with Crippen molar-refractivity contribution in [2.24, 2.45) is 5.92 Å². The monoisotopic (exact) mass is 385 g/mol. The molecule has 0 aromatic carbocycles. The lowest BCUT2D eigenvalue weighted by molar-refractivity contribution is -0.137. The summed E-state index contributed by atoms with van der Waals surface area (Å²) in [5.41, 5.74) is 0.877. The van der Waals surface area contributed by atoms with Crippen LogP contribution in [0.4, 0.5) is 0 Å². The van der Waals surface area contributed by atoms with E-state index in [0.29, 0.717) is 5.91 Å². The summed E-state index contributed by atoms with van der Waals surface area (Å²) < 4.78 is 2.06. The fourth-order valence-electron chi connectivity index (χ4n) is 3.85. The molecule has 2 aromatic heterocycles. The molecule has 0 spiro atoms. The van der Waals surface area contributed by atoms with Crippen LogP contribution >= 0.6 is 24.8 Å². The Morgan fingerprint density at radius 2 is 2.04 bits per heavy atom. The highest BCUT2D eigenvalue weighted by atomic mass is 35.5. The van der Waals surface area contributed by atoms with Gasteiger partial charge in [0.1, 0.15) is 5.82 Å². The number of carbonyl (C=O) groups excluding carboxylic acids is 1. The molecule has 4 heterocycles. The predicted molar refractivity (Wildman–Crippen MR) is 102 cm³/mol. The summed E-state index contributed by atoms with van der Waals surface area (Å²) in [6.45, 7) is 3.51. The lowest BCUT2D eigenvalue weighted by atomic mass is 9.93. The van der Waals surface area contributed by atoms with Gasteiger partial charge in [0.2, 0.25) is 5.91 Å². The number of amides is 1. The first kappa shape index (κ1) is 19.9. The molecule has 8 heteroatoms. The van der Waals surface area contributed by atoms with E-state index in [4.69, 9.17) is 0 Å². The maximum atomic E-state index is 12.8. The Hall–Kier alpha value is -1.37. The van der Waals surface area contributed by atoms with Crippen LogP contribution in [-0.2, 0) is 4.79 Å². The Morgan fingerprint density at radius 3 is 2.84 bits per heavy atom. The van der Waals surface area contributed by atoms with E-state index in [-0.39, 0.29) is 36.6 Å². The molecule has 2 aromatic rings. The summed E-state index contributed by atoms with van der Waals surface area (Å²) in [4.78, 5) is 14.8. The zero-order valence-electron chi connectivity index (χ0n) is 14.1. The Bertz CT molecular complexity index is 701. The zero-order valence-corrected chi connectivity index (χ0v) is 15.8. The van der Waals surface area contributed by atoms with Gasteiger partial charge in [-0.1, -0.05) is 6.07 Å². The van der Waals surface area contributed by atoms with Gasteiger partial charge in [-0.25, -0.2) is 0 Å². The number of aromatic nitrogens is 3. The molecule has 0 radical (unpaired) electrons. The zero-order chi connectivity index (χ0) is 15.6. The number of fused-ring (bicyclic) bond motifs is 1. The lowest BCUT2D eigenvalue weighted by Crippen LogP contribution is -2.46. The summed E-state index contributed by atoms with van der Waals surface area (Å²) in [5, 5.41) is 12.0. The molecule has 2 aliphatic rings. The fraction of sp³-hybridized carbons (Fsp3) is 0.588. The van der Waals surface area contributed by atoms with Crippen molar-refractivity contribution < 1.29 is 4.79 Å². The van der Waals surface area contributed by atoms with Gasteiger partial charge in [0.05, 0.1) is 5.92 Å². The summed E-state index contributed by atoms with van der Waals surface area (Å²) in [5.74, 6) is 1.73. The van der Waals surface area contributed by atoms with Gasteiger partial charge in [0.15, 0.2) is 5.65 Å². The molecular weight excluding hydrogens is 361 g/mol. The number of hydrogen-bond donors (Lipinski definition) is 1. The van der Waals surface area contributed by atoms with Crippen LogP contribution < -0.4 is 5.32 Å². The number of nitrogens with one attached hydrogen (secondary N) is 1. The SMILES string of the molecule is Cl.Cl.O=C(C1CCCNC1)N1CCCC(c2nnc3ccccn23)C1. The van der Waals surface area contributed by atoms with Crippen LogP contribution in [0.3, 0.4) is 0 Å². The largest absolute Gasteiger partial charge is 0.342 e. The van der Waals surface area contributed by atoms with E-state index in [2.05, 4.69) is 24.8 Å². The Balaban J connectivity index is 0.00000113. The third kappa shape index (κ3) is 4.07. The third-order valence-electron chi connectivity index (χ3n) is 5.08. The van der Waals surface area contributed by atoms with Gasteiger partial charge in [-0.05, 0) is 44.4 Å². The number of nitrogens with zero attached hydrogens (tertiary/aromatic N) is 4. The molecule has 2 fully saturated rings. The highest BCUT2D eigenvalue weighted by Gasteiger charge is 2.31. The van der Waals surface area contributed by atoms with E-state index >= 15 is 0 Å². The number of hydrogen-bond acceptors (Lipinski definition) is 4. The van der Waals surface area contributed by atoms with Crippen molar-refractivity contribution in [2.45, 2.75) is 31.6 Å². The minimum atomic E-state index is 0. The first-order valence-electron chi connectivity index (χ1n) is 8.62. The van der Waals surface area contributed by atoms with Gasteiger partial charge in [-0.15, -0.1) is 35.0 Å². The molecule has 2 unspecified atom stereocenters. The van der Waals surface area contributed by atoms with Crippen molar-refractivity contribution in [1.82, 2.24) is 24.8 Å². The average molecular weight is 386 g/mol. The van der Waals surface area contributed by atoms with Gasteiger partial charge in [-0.2, -0.15) is 0 Å². The van der Waals surface area contributed by atoms with Crippen molar-refractivity contribution in [3.05, 3.63) is 30.2 Å². The first-order valence-corrected chi connectivity index (χ1v) is 8.62. The lowest BCUT2D eigenvalue weighted by Gasteiger charge is -2.35. The molecule has 1 amide bonds. The summed E-state index contributed by atoms with van der Waals surface area (Å²) in [6.07, 6.45) is 6.24. The van der Waals surface area contributed by atoms with Crippen molar-refractivity contribution >= 4 is 36.4 Å². The number of piperidine rings is 2. The van der Waals surface area contributed by atoms with Crippen LogP contribution in [0.1, 0.15) is 37.4 Å². The fourth-order valence-corrected chi connectivity index (χ4v) is 3.85. The summed E-state index contributed by atoms with van der Waals surface area (Å²) in [6, 6.07) is 5.94. The molecule has 2 saturated heterocycles. The Labute approximate surface area is 160 Å². The predicted octanol–water partition coefficient (Wildman–Crippen LogP) is 2.28. The second-order valence-electron chi connectivity index (χ2n) is 6.65. The molecule has 6 nitrogen and oxygen atoms in total. The number of likely N-dealkylation sites (tertiary alicyclic amines) is 1. The van der Waals surface area contributed by atoms with Gasteiger partial charge >= 0.3 is 0 Å². The van der Waals surface area contributed by atoms with E-state index in [1.54, 1.807) is 0 Å². The molecule has 0 saturated carbocycles. The van der Waals surface area contributed by atoms with Crippen LogP contribution in [0.5, 0.6) is 0 Å². The second kappa shape index (κ2) is 8.83. The van der Waals surface area contributed by atoms with E-state index in [1.807, 2.05) is 24.4 Å². The normalized spacial score (nSPS) is 23.6. The van der Waals surface area contributed by atoms with E-state index in [9.17, 15) is 4.79 Å². The molecular formula is C17H25Cl2N5O. The van der Waals surface area contributed by atoms with Crippen LogP contribution in [0.2, 0.25) is 0 Å². The van der Waals surface area contributed by atoms with Crippen LogP contribution in [0.25, 0.3) is 5.65 Å². The van der Waals surface area contributed by atoms with Crippen LogP contribution in [0, 0.1) is 5.92 Å². The Kier molecular flexibility index (Phi) is 7.04. The summed E-state index contributed by atoms with van der Waals surface area (Å²) in [7, 11) is 0. The highest BCUT2D eigenvalue weighted by molar-refractivity contribution is 5.85. The van der Waals surface area contributed by atoms with Crippen LogP contribution in [0.15, 0.2) is 24.4 Å². The van der Waals surface area contributed by atoms with Gasteiger partial charge in [0.25, 0.3) is 0 Å². The quantitative estimate of drug-likeness (QED) is 0.860. The number of rotatable bonds is 2. The number of pyridine rings is 1. The van der Waals surface area contributed by atoms with E-state index in [1.165, 1.54) is 0 Å². The molecule has 2 aliphatic heterocycles. The Morgan fingerprint density at radius 1 is 1.16 bits per heavy atom. The maximum Gasteiger partial charge on any atom is 0.226 e. The highest BCUT2D eigenvalue weighted by Crippen LogP contribution is 2.27. The summed E-state index contributed by atoms with van der Waals surface area (Å²) >= 11 is 0. The second-order valence-corrected chi connectivity index (χ2v) is 6.65.